The lowest BCUT2D eigenvalue weighted by Gasteiger charge is -2.41. The normalized spacial score (nSPS) is 21.5. The number of rotatable bonds is 7. The van der Waals surface area contributed by atoms with Gasteiger partial charge in [0.25, 0.3) is 0 Å². The first-order valence-electron chi connectivity index (χ1n) is 15.0. The second-order valence-electron chi connectivity index (χ2n) is 12.3. The smallest absolute Gasteiger partial charge is 0.417 e. The summed E-state index contributed by atoms with van der Waals surface area (Å²) in [7, 11) is 0. The lowest BCUT2D eigenvalue weighted by atomic mass is 9.92. The van der Waals surface area contributed by atoms with E-state index in [1.165, 1.54) is 4.90 Å². The Labute approximate surface area is 272 Å². The van der Waals surface area contributed by atoms with Crippen LogP contribution in [0.4, 0.5) is 37.2 Å². The number of nitrogen functional groups attached to an aromatic ring is 1. The largest absolute Gasteiger partial charge is 0.461 e. The Morgan fingerprint density at radius 1 is 1.25 bits per heavy atom. The third kappa shape index (κ3) is 5.22. The second-order valence-corrected chi connectivity index (χ2v) is 13.3. The number of carbonyl (C=O) groups is 1. The minimum absolute atomic E-state index is 0.0407. The van der Waals surface area contributed by atoms with Crippen LogP contribution in [0, 0.1) is 23.0 Å². The average Bonchev–Trinajstić information content (AvgIpc) is 3.66. The first kappa shape index (κ1) is 32.2. The summed E-state index contributed by atoms with van der Waals surface area (Å²) < 4.78 is 96.3. The van der Waals surface area contributed by atoms with Crippen LogP contribution in [0.1, 0.15) is 30.4 Å². The SMILES string of the molecule is N#Cc1c(N)sc2c(F)ccc(-c3c(C(F)(F)F)cc4c(N5CC(NC(=O)CO)C5)nc(OCC56CCCN5CC(F)C6)nc4c3F)c12. The van der Waals surface area contributed by atoms with Crippen molar-refractivity contribution in [3.8, 4) is 23.2 Å². The fraction of sp³-hybridized carbons (Fsp3) is 0.419. The Kier molecular flexibility index (Phi) is 7.80. The van der Waals surface area contributed by atoms with Crippen LogP contribution in [0.15, 0.2) is 18.2 Å². The molecular formula is C31H27F6N7O3S. The number of nitrogens with one attached hydrogen (secondary N) is 1. The number of amides is 1. The van der Waals surface area contributed by atoms with E-state index in [0.29, 0.717) is 30.4 Å². The van der Waals surface area contributed by atoms with E-state index in [1.807, 2.05) is 4.90 Å². The van der Waals surface area contributed by atoms with Gasteiger partial charge in [0.05, 0.1) is 27.4 Å². The number of aliphatic hydroxyl groups excluding tert-OH is 1. The number of thiophene rings is 1. The third-order valence-corrected chi connectivity index (χ3v) is 10.3. The summed E-state index contributed by atoms with van der Waals surface area (Å²) in [5.74, 6) is -3.00. The van der Waals surface area contributed by atoms with Crippen molar-refractivity contribution in [3.63, 3.8) is 0 Å². The first-order chi connectivity index (χ1) is 22.8. The van der Waals surface area contributed by atoms with Gasteiger partial charge in [0.1, 0.15) is 47.6 Å². The maximum absolute atomic E-state index is 16.9. The molecule has 4 aromatic rings. The highest BCUT2D eigenvalue weighted by Gasteiger charge is 2.49. The number of nitrogens with two attached hydrogens (primary N) is 1. The van der Waals surface area contributed by atoms with E-state index in [0.717, 1.165) is 18.6 Å². The highest BCUT2D eigenvalue weighted by atomic mass is 32.1. The van der Waals surface area contributed by atoms with Gasteiger partial charge < -0.3 is 25.8 Å². The summed E-state index contributed by atoms with van der Waals surface area (Å²) in [4.78, 5) is 23.8. The number of nitriles is 1. The van der Waals surface area contributed by atoms with Crippen LogP contribution in [0.5, 0.6) is 6.01 Å². The van der Waals surface area contributed by atoms with Crippen molar-refractivity contribution in [1.82, 2.24) is 20.2 Å². The molecule has 3 aliphatic heterocycles. The Balaban J connectivity index is 1.41. The molecule has 10 nitrogen and oxygen atoms in total. The minimum Gasteiger partial charge on any atom is -0.461 e. The van der Waals surface area contributed by atoms with Gasteiger partial charge in [0, 0.05) is 42.4 Å². The van der Waals surface area contributed by atoms with E-state index >= 15 is 4.39 Å². The van der Waals surface area contributed by atoms with E-state index in [-0.39, 0.29) is 70.5 Å². The van der Waals surface area contributed by atoms with Gasteiger partial charge in [-0.15, -0.1) is 11.3 Å². The number of carbonyl (C=O) groups excluding carboxylic acids is 1. The van der Waals surface area contributed by atoms with Gasteiger partial charge >= 0.3 is 12.2 Å². The van der Waals surface area contributed by atoms with Gasteiger partial charge in [-0.2, -0.15) is 28.4 Å². The predicted molar refractivity (Wildman–Crippen MR) is 164 cm³/mol. The van der Waals surface area contributed by atoms with Crippen molar-refractivity contribution in [2.75, 3.05) is 50.0 Å². The Bertz CT molecular complexity index is 2010. The van der Waals surface area contributed by atoms with Crippen LogP contribution in [0.25, 0.3) is 32.1 Å². The maximum Gasteiger partial charge on any atom is 0.417 e. The van der Waals surface area contributed by atoms with Crippen molar-refractivity contribution < 1.29 is 41.0 Å². The molecule has 1 amide bonds. The number of halogens is 6. The summed E-state index contributed by atoms with van der Waals surface area (Å²) in [6, 6.07) is 3.51. The van der Waals surface area contributed by atoms with Gasteiger partial charge in [-0.05, 0) is 37.1 Å². The summed E-state index contributed by atoms with van der Waals surface area (Å²) in [6.07, 6.45) is -4.52. The van der Waals surface area contributed by atoms with Crippen molar-refractivity contribution >= 4 is 49.1 Å². The number of anilines is 2. The van der Waals surface area contributed by atoms with E-state index < -0.39 is 70.3 Å². The number of fused-ring (bicyclic) bond motifs is 3. The molecule has 17 heteroatoms. The van der Waals surface area contributed by atoms with E-state index in [1.54, 1.807) is 6.07 Å². The number of aliphatic hydroxyl groups is 1. The summed E-state index contributed by atoms with van der Waals surface area (Å²) in [5, 5.41) is 20.7. The van der Waals surface area contributed by atoms with Crippen molar-refractivity contribution in [3.05, 3.63) is 41.0 Å². The Hall–Kier alpha value is -4.40. The molecule has 5 heterocycles. The molecule has 2 atom stereocenters. The number of alkyl halides is 4. The van der Waals surface area contributed by atoms with Crippen LogP contribution in [-0.2, 0) is 11.0 Å². The molecule has 4 N–H and O–H groups in total. The molecule has 2 unspecified atom stereocenters. The van der Waals surface area contributed by atoms with Crippen molar-refractivity contribution in [2.45, 2.75) is 43.2 Å². The quantitative estimate of drug-likeness (QED) is 0.239. The van der Waals surface area contributed by atoms with Crippen LogP contribution in [0.3, 0.4) is 0 Å². The zero-order valence-electron chi connectivity index (χ0n) is 25.0. The number of nitrogens with zero attached hydrogens (tertiary/aromatic N) is 5. The molecule has 0 bridgehead atoms. The topological polar surface area (TPSA) is 141 Å². The lowest BCUT2D eigenvalue weighted by molar-refractivity contribution is -0.137. The number of hydrogen-bond donors (Lipinski definition) is 3. The second kappa shape index (κ2) is 11.6. The highest BCUT2D eigenvalue weighted by molar-refractivity contribution is 7.23. The Morgan fingerprint density at radius 3 is 2.73 bits per heavy atom. The third-order valence-electron chi connectivity index (χ3n) is 9.32. The molecule has 252 valence electrons. The average molecular weight is 692 g/mol. The maximum atomic E-state index is 16.9. The van der Waals surface area contributed by atoms with Gasteiger partial charge in [-0.3, -0.25) is 9.69 Å². The van der Waals surface area contributed by atoms with Crippen molar-refractivity contribution in [1.29, 1.82) is 5.26 Å². The van der Waals surface area contributed by atoms with Crippen LogP contribution in [-0.4, -0.2) is 83.0 Å². The molecule has 7 rings (SSSR count). The van der Waals surface area contributed by atoms with Crippen LogP contribution >= 0.6 is 11.3 Å². The highest BCUT2D eigenvalue weighted by Crippen LogP contribution is 2.48. The molecule has 0 spiro atoms. The van der Waals surface area contributed by atoms with E-state index in [9.17, 15) is 32.0 Å². The Morgan fingerprint density at radius 2 is 2.02 bits per heavy atom. The molecule has 0 aliphatic carbocycles. The lowest BCUT2D eigenvalue weighted by Crippen LogP contribution is -2.60. The van der Waals surface area contributed by atoms with E-state index in [2.05, 4.69) is 15.3 Å². The monoisotopic (exact) mass is 691 g/mol. The van der Waals surface area contributed by atoms with Gasteiger partial charge in [-0.1, -0.05) is 6.07 Å². The molecule has 3 aliphatic rings. The molecule has 2 aromatic carbocycles. The predicted octanol–water partition coefficient (Wildman–Crippen LogP) is 4.51. The zero-order chi connectivity index (χ0) is 34.1. The number of benzene rings is 2. The van der Waals surface area contributed by atoms with Gasteiger partial charge in [0.15, 0.2) is 5.82 Å². The fourth-order valence-corrected chi connectivity index (χ4v) is 8.11. The molecule has 3 fully saturated rings. The van der Waals surface area contributed by atoms with Crippen molar-refractivity contribution in [2.24, 2.45) is 0 Å². The number of aromatic nitrogens is 2. The van der Waals surface area contributed by atoms with Crippen LogP contribution < -0.4 is 20.7 Å². The fourth-order valence-electron chi connectivity index (χ4n) is 7.16. The van der Waals surface area contributed by atoms with Gasteiger partial charge in [-0.25, -0.2) is 13.2 Å². The molecule has 2 aromatic heterocycles. The summed E-state index contributed by atoms with van der Waals surface area (Å²) >= 11 is 0.661. The summed E-state index contributed by atoms with van der Waals surface area (Å²) in [5.41, 5.74) is 1.68. The van der Waals surface area contributed by atoms with Crippen LogP contribution in [0.2, 0.25) is 0 Å². The molecule has 3 saturated heterocycles. The summed E-state index contributed by atoms with van der Waals surface area (Å²) in [6.45, 7) is 0.255. The van der Waals surface area contributed by atoms with E-state index in [4.69, 9.17) is 15.6 Å². The standard InChI is InChI=1S/C31H27F6N7O3S/c32-14-7-30(4-1-5-44(30)9-14)13-47-29-41-25-17(28(42-29)43-10-15(11-43)40-21(46)12-45)6-19(31(35,36)37)23(24(25)34)16-2-3-20(33)26-22(16)18(8-38)27(39)48-26/h2-3,6,14-15,45H,1,4-5,7,9-13,39H2,(H,40,46). The number of hydrogen-bond acceptors (Lipinski definition) is 10. The molecular weight excluding hydrogens is 664 g/mol. The zero-order valence-corrected chi connectivity index (χ0v) is 25.8. The number of ether oxygens (including phenoxy) is 1. The molecule has 48 heavy (non-hydrogen) atoms. The van der Waals surface area contributed by atoms with Gasteiger partial charge in [0.2, 0.25) is 5.91 Å². The first-order valence-corrected chi connectivity index (χ1v) is 15.8. The molecule has 0 radical (unpaired) electrons. The minimum atomic E-state index is -5.13. The molecule has 0 saturated carbocycles.